The van der Waals surface area contributed by atoms with Crippen LogP contribution in [0.2, 0.25) is 0 Å². The first kappa shape index (κ1) is 25.2. The third-order valence-electron chi connectivity index (χ3n) is 5.40. The number of nitrogens with one attached hydrogen (secondary N) is 2. The molecule has 0 fully saturated rings. The van der Waals surface area contributed by atoms with Crippen LogP contribution in [0.25, 0.3) is 0 Å². The van der Waals surface area contributed by atoms with Crippen LogP contribution in [-0.2, 0) is 9.53 Å². The van der Waals surface area contributed by atoms with Gasteiger partial charge in [-0.15, -0.1) is 0 Å². The molecule has 0 saturated heterocycles. The van der Waals surface area contributed by atoms with Gasteiger partial charge in [0.2, 0.25) is 12.7 Å². The summed E-state index contributed by atoms with van der Waals surface area (Å²) in [5.74, 6) is 0.203. The molecular formula is C26H24IN3O6. The summed E-state index contributed by atoms with van der Waals surface area (Å²) in [6, 6.07) is 16.9. The first-order valence-electron chi connectivity index (χ1n) is 11.0. The van der Waals surface area contributed by atoms with Crippen LogP contribution in [0.5, 0.6) is 17.2 Å². The number of hydrogen-bond donors (Lipinski definition) is 4. The molecule has 0 unspecified atom stereocenters. The molecule has 0 radical (unpaired) electrons. The number of phenolic OH excluding ortho intramolecular Hbond substituents is 1. The van der Waals surface area contributed by atoms with E-state index in [0.717, 1.165) is 3.57 Å². The van der Waals surface area contributed by atoms with Gasteiger partial charge in [0.05, 0.1) is 11.4 Å². The highest BCUT2D eigenvalue weighted by molar-refractivity contribution is 14.1. The maximum absolute atomic E-state index is 12.8. The first-order chi connectivity index (χ1) is 17.3. The van der Waals surface area contributed by atoms with E-state index in [0.29, 0.717) is 34.1 Å². The molecule has 2 atom stereocenters. The summed E-state index contributed by atoms with van der Waals surface area (Å²) in [4.78, 5) is 25.3. The van der Waals surface area contributed by atoms with Gasteiger partial charge in [-0.2, -0.15) is 0 Å². The molecule has 9 nitrogen and oxygen atoms in total. The fourth-order valence-corrected chi connectivity index (χ4v) is 4.08. The zero-order valence-corrected chi connectivity index (χ0v) is 21.4. The van der Waals surface area contributed by atoms with Crippen LogP contribution in [0.15, 0.2) is 72.8 Å². The lowest BCUT2D eigenvalue weighted by molar-refractivity contribution is -0.111. The van der Waals surface area contributed by atoms with Crippen molar-refractivity contribution in [2.45, 2.75) is 13.0 Å². The standard InChI is InChI=1S/C26H24IN3O6/c1-15(6-11-24(32)30-20-5-3-2-4-19(20)28)25(18-12-16(27)7-9-21(18)31)36-26(33)29-17-8-10-22-23(13-17)35-14-34-22/h2-13,15,25,31H,14,28H2,1H3,(H,29,33)(H,30,32)/b11-6+/t15-,25+/m1/s1. The van der Waals surface area contributed by atoms with E-state index in [9.17, 15) is 14.7 Å². The van der Waals surface area contributed by atoms with Crippen LogP contribution in [0, 0.1) is 9.49 Å². The number of phenols is 1. The van der Waals surface area contributed by atoms with Crippen molar-refractivity contribution in [3.63, 3.8) is 0 Å². The SMILES string of the molecule is C[C@H](/C=C/C(=O)Nc1ccccc1N)[C@H](OC(=O)Nc1ccc2c(c1)OCO2)c1cc(I)ccc1O. The van der Waals surface area contributed by atoms with Crippen molar-refractivity contribution in [1.82, 2.24) is 0 Å². The van der Waals surface area contributed by atoms with E-state index in [-0.39, 0.29) is 12.5 Å². The Balaban J connectivity index is 1.50. The summed E-state index contributed by atoms with van der Waals surface area (Å²) in [5, 5.41) is 15.9. The molecule has 1 heterocycles. The molecule has 1 aliphatic rings. The molecule has 1 aliphatic heterocycles. The number of carbonyl (C=O) groups excluding carboxylic acids is 2. The maximum atomic E-state index is 12.8. The van der Waals surface area contributed by atoms with Gasteiger partial charge in [-0.25, -0.2) is 4.79 Å². The van der Waals surface area contributed by atoms with Crippen LogP contribution in [0.1, 0.15) is 18.6 Å². The number of benzene rings is 3. The van der Waals surface area contributed by atoms with Crippen molar-refractivity contribution < 1.29 is 28.9 Å². The number of anilines is 3. The van der Waals surface area contributed by atoms with Crippen LogP contribution in [0.3, 0.4) is 0 Å². The number of halogens is 1. The Kier molecular flexibility index (Phi) is 7.84. The van der Waals surface area contributed by atoms with Gasteiger partial charge >= 0.3 is 6.09 Å². The minimum absolute atomic E-state index is 0.0296. The van der Waals surface area contributed by atoms with Crippen molar-refractivity contribution in [3.8, 4) is 17.2 Å². The molecule has 186 valence electrons. The Labute approximate surface area is 221 Å². The fraction of sp³-hybridized carbons (Fsp3) is 0.154. The van der Waals surface area contributed by atoms with E-state index < -0.39 is 24.0 Å². The van der Waals surface area contributed by atoms with Gasteiger partial charge in [0, 0.05) is 26.8 Å². The highest BCUT2D eigenvalue weighted by Gasteiger charge is 2.26. The average molecular weight is 601 g/mol. The summed E-state index contributed by atoms with van der Waals surface area (Å²) < 4.78 is 17.2. The van der Waals surface area contributed by atoms with E-state index in [1.807, 2.05) is 0 Å². The van der Waals surface area contributed by atoms with Gasteiger partial charge in [0.15, 0.2) is 11.5 Å². The zero-order chi connectivity index (χ0) is 25.7. The molecule has 0 bridgehead atoms. The molecule has 4 rings (SSSR count). The Morgan fingerprint density at radius 1 is 1.08 bits per heavy atom. The van der Waals surface area contributed by atoms with E-state index >= 15 is 0 Å². The van der Waals surface area contributed by atoms with Gasteiger partial charge in [-0.05, 0) is 71.1 Å². The number of ether oxygens (including phenoxy) is 3. The summed E-state index contributed by atoms with van der Waals surface area (Å²) in [7, 11) is 0. The smallest absolute Gasteiger partial charge is 0.412 e. The summed E-state index contributed by atoms with van der Waals surface area (Å²) in [6.45, 7) is 1.89. The molecule has 36 heavy (non-hydrogen) atoms. The van der Waals surface area contributed by atoms with E-state index in [2.05, 4.69) is 33.2 Å². The number of rotatable bonds is 7. The van der Waals surface area contributed by atoms with E-state index in [1.165, 1.54) is 12.1 Å². The van der Waals surface area contributed by atoms with Gasteiger partial charge in [0.1, 0.15) is 11.9 Å². The lowest BCUT2D eigenvalue weighted by Gasteiger charge is -2.24. The number of hydrogen-bond acceptors (Lipinski definition) is 7. The number of para-hydroxylation sites is 2. The number of amides is 2. The summed E-state index contributed by atoms with van der Waals surface area (Å²) in [6.07, 6.45) is 1.32. The quantitative estimate of drug-likeness (QED) is 0.161. The molecule has 3 aromatic rings. The monoisotopic (exact) mass is 601 g/mol. The highest BCUT2D eigenvalue weighted by Crippen LogP contribution is 2.36. The van der Waals surface area contributed by atoms with Crippen LogP contribution >= 0.6 is 22.6 Å². The average Bonchev–Trinajstić information content (AvgIpc) is 3.32. The molecule has 2 amide bonds. The van der Waals surface area contributed by atoms with Gasteiger partial charge in [0.25, 0.3) is 0 Å². The predicted octanol–water partition coefficient (Wildman–Crippen LogP) is 5.43. The number of nitrogens with two attached hydrogens (primary N) is 1. The zero-order valence-electron chi connectivity index (χ0n) is 19.2. The highest BCUT2D eigenvalue weighted by atomic mass is 127. The lowest BCUT2D eigenvalue weighted by Crippen LogP contribution is -2.21. The second kappa shape index (κ2) is 11.2. The van der Waals surface area contributed by atoms with Gasteiger partial charge in [-0.1, -0.05) is 25.1 Å². The van der Waals surface area contributed by atoms with Crippen LogP contribution < -0.4 is 25.8 Å². The Morgan fingerprint density at radius 3 is 2.67 bits per heavy atom. The largest absolute Gasteiger partial charge is 0.508 e. The molecule has 0 saturated carbocycles. The lowest BCUT2D eigenvalue weighted by atomic mass is 9.96. The van der Waals surface area contributed by atoms with Crippen molar-refractivity contribution in [2.24, 2.45) is 5.92 Å². The van der Waals surface area contributed by atoms with Crippen molar-refractivity contribution in [3.05, 3.63) is 81.9 Å². The molecule has 0 aromatic heterocycles. The minimum atomic E-state index is -0.889. The Hall–Kier alpha value is -3.93. The molecular weight excluding hydrogens is 577 g/mol. The first-order valence-corrected chi connectivity index (χ1v) is 12.1. The number of aromatic hydroxyl groups is 1. The minimum Gasteiger partial charge on any atom is -0.508 e. The molecule has 0 spiro atoms. The topological polar surface area (TPSA) is 132 Å². The third kappa shape index (κ3) is 6.19. The predicted molar refractivity (Wildman–Crippen MR) is 144 cm³/mol. The van der Waals surface area contributed by atoms with Crippen LogP contribution in [0.4, 0.5) is 21.9 Å². The fourth-order valence-electron chi connectivity index (χ4n) is 3.57. The second-order valence-electron chi connectivity index (χ2n) is 8.02. The van der Waals surface area contributed by atoms with E-state index in [1.54, 1.807) is 67.6 Å². The normalized spacial score (nSPS) is 13.7. The van der Waals surface area contributed by atoms with Crippen molar-refractivity contribution in [2.75, 3.05) is 23.2 Å². The summed E-state index contributed by atoms with van der Waals surface area (Å²) >= 11 is 2.11. The van der Waals surface area contributed by atoms with Crippen molar-refractivity contribution >= 4 is 51.7 Å². The number of nitrogen functional groups attached to an aromatic ring is 1. The Morgan fingerprint density at radius 2 is 1.86 bits per heavy atom. The third-order valence-corrected chi connectivity index (χ3v) is 6.07. The Bertz CT molecular complexity index is 1310. The number of carbonyl (C=O) groups is 2. The van der Waals surface area contributed by atoms with Crippen molar-refractivity contribution in [1.29, 1.82) is 0 Å². The summed E-state index contributed by atoms with van der Waals surface area (Å²) in [5.41, 5.74) is 7.68. The molecule has 0 aliphatic carbocycles. The molecule has 10 heteroatoms. The van der Waals surface area contributed by atoms with E-state index in [4.69, 9.17) is 19.9 Å². The number of fused-ring (bicyclic) bond motifs is 1. The molecule has 5 N–H and O–H groups in total. The van der Waals surface area contributed by atoms with Gasteiger partial charge in [-0.3, -0.25) is 10.1 Å². The maximum Gasteiger partial charge on any atom is 0.412 e. The molecule has 3 aromatic carbocycles. The second-order valence-corrected chi connectivity index (χ2v) is 9.26. The van der Waals surface area contributed by atoms with Crippen LogP contribution in [-0.4, -0.2) is 23.9 Å². The van der Waals surface area contributed by atoms with Gasteiger partial charge < -0.3 is 30.4 Å².